The third-order valence-corrected chi connectivity index (χ3v) is 3.76. The van der Waals surface area contributed by atoms with E-state index in [-0.39, 0.29) is 0 Å². The first-order chi connectivity index (χ1) is 9.50. The third kappa shape index (κ3) is 12.0. The summed E-state index contributed by atoms with van der Waals surface area (Å²) in [6, 6.07) is 0. The van der Waals surface area contributed by atoms with Crippen LogP contribution >= 0.6 is 0 Å². The Balaban J connectivity index is 2.19. The van der Waals surface area contributed by atoms with Crippen LogP contribution in [-0.4, -0.2) is 0 Å². The van der Waals surface area contributed by atoms with Gasteiger partial charge < -0.3 is 0 Å². The van der Waals surface area contributed by atoms with Crippen LogP contribution in [0.4, 0.5) is 0 Å². The number of allylic oxidation sites excluding steroid dienone is 6. The van der Waals surface area contributed by atoms with E-state index in [1.165, 1.54) is 77.0 Å². The lowest BCUT2D eigenvalue weighted by Crippen LogP contribution is -1.82. The van der Waals surface area contributed by atoms with Crippen LogP contribution in [-0.2, 0) is 0 Å². The van der Waals surface area contributed by atoms with Gasteiger partial charge in [0.15, 0.2) is 0 Å². The normalized spacial score (nSPS) is 26.5. The summed E-state index contributed by atoms with van der Waals surface area (Å²) in [5, 5.41) is 0. The molecule has 1 aliphatic rings. The van der Waals surface area contributed by atoms with Crippen molar-refractivity contribution in [3.05, 3.63) is 36.5 Å². The molecule has 0 fully saturated rings. The Hall–Kier alpha value is -0.780. The highest BCUT2D eigenvalue weighted by Crippen LogP contribution is 2.12. The van der Waals surface area contributed by atoms with Crippen molar-refractivity contribution in [1.82, 2.24) is 0 Å². The van der Waals surface area contributed by atoms with Gasteiger partial charge in [0.1, 0.15) is 0 Å². The molecule has 107 valence electrons. The highest BCUT2D eigenvalue weighted by molar-refractivity contribution is 5.09. The minimum atomic E-state index is 1.12. The summed E-state index contributed by atoms with van der Waals surface area (Å²) in [4.78, 5) is 0. The Labute approximate surface area is 120 Å². The third-order valence-electron chi connectivity index (χ3n) is 3.76. The van der Waals surface area contributed by atoms with Gasteiger partial charge in [-0.05, 0) is 31.8 Å². The van der Waals surface area contributed by atoms with Crippen LogP contribution in [0.5, 0.6) is 0 Å². The average Bonchev–Trinajstić information content (AvgIpc) is 2.43. The number of rotatable bonds is 0. The molecule has 0 amide bonds. The second-order valence-electron chi connectivity index (χ2n) is 5.61. The molecule has 0 N–H and O–H groups in total. The quantitative estimate of drug-likeness (QED) is 0.463. The first-order valence-corrected chi connectivity index (χ1v) is 8.38. The molecule has 0 saturated heterocycles. The zero-order valence-electron chi connectivity index (χ0n) is 12.6. The fourth-order valence-corrected chi connectivity index (χ4v) is 2.53. The van der Waals surface area contributed by atoms with Crippen molar-refractivity contribution in [3.63, 3.8) is 0 Å². The monoisotopic (exact) mass is 259 g/mol. The molecule has 0 aromatic carbocycles. The van der Waals surface area contributed by atoms with Crippen molar-refractivity contribution in [2.45, 2.75) is 83.5 Å². The van der Waals surface area contributed by atoms with E-state index >= 15 is 0 Å². The molecular weight excluding hydrogens is 228 g/mol. The van der Waals surface area contributed by atoms with Crippen LogP contribution in [0.2, 0.25) is 0 Å². The van der Waals surface area contributed by atoms with Crippen LogP contribution in [0, 0.1) is 6.08 Å². The van der Waals surface area contributed by atoms with Crippen molar-refractivity contribution in [2.24, 2.45) is 0 Å². The highest BCUT2D eigenvalue weighted by atomic mass is 14.0. The minimum Gasteiger partial charge on any atom is -0.0845 e. The maximum absolute atomic E-state index is 3.35. The molecule has 0 aromatic heterocycles. The fraction of sp³-hybridized carbons (Fsp3) is 0.684. The standard InChI is InChI=1S/C19H31/c1-2-4-6-8-10-12-14-16-18-19-17-15-13-11-9-7-5-3-1/h1-5H,6,8-19H2/b3-1+,4-2+,7-5?. The summed E-state index contributed by atoms with van der Waals surface area (Å²) < 4.78 is 0. The fourth-order valence-electron chi connectivity index (χ4n) is 2.53. The molecule has 0 heteroatoms. The summed E-state index contributed by atoms with van der Waals surface area (Å²) in [6.07, 6.45) is 32.0. The van der Waals surface area contributed by atoms with Crippen LogP contribution in [0.25, 0.3) is 0 Å². The second-order valence-corrected chi connectivity index (χ2v) is 5.61. The van der Waals surface area contributed by atoms with Crippen molar-refractivity contribution in [3.8, 4) is 0 Å². The van der Waals surface area contributed by atoms with Crippen molar-refractivity contribution < 1.29 is 0 Å². The Morgan fingerprint density at radius 1 is 0.526 bits per heavy atom. The van der Waals surface area contributed by atoms with Gasteiger partial charge in [0.25, 0.3) is 0 Å². The smallest absolute Gasteiger partial charge is 0.0276 e. The topological polar surface area (TPSA) is 0 Å². The average molecular weight is 259 g/mol. The molecule has 1 radical (unpaired) electrons. The molecule has 0 bridgehead atoms. The molecule has 0 aromatic rings. The maximum atomic E-state index is 3.35. The summed E-state index contributed by atoms with van der Waals surface area (Å²) in [7, 11) is 0. The van der Waals surface area contributed by atoms with Crippen molar-refractivity contribution in [2.75, 3.05) is 0 Å². The van der Waals surface area contributed by atoms with Crippen LogP contribution in [0.15, 0.2) is 30.4 Å². The van der Waals surface area contributed by atoms with Gasteiger partial charge in [0.05, 0.1) is 0 Å². The zero-order valence-corrected chi connectivity index (χ0v) is 12.6. The lowest BCUT2D eigenvalue weighted by molar-refractivity contribution is 0.547. The Bertz CT molecular complexity index is 231. The molecule has 1 rings (SSSR count). The van der Waals surface area contributed by atoms with E-state index in [0.29, 0.717) is 0 Å². The molecular formula is C19H31. The predicted octanol–water partition coefficient (Wildman–Crippen LogP) is 6.54. The molecule has 0 atom stereocenters. The Morgan fingerprint density at radius 3 is 1.79 bits per heavy atom. The maximum Gasteiger partial charge on any atom is -0.0276 e. The van der Waals surface area contributed by atoms with Crippen LogP contribution in [0.3, 0.4) is 0 Å². The highest BCUT2D eigenvalue weighted by Gasteiger charge is 1.93. The van der Waals surface area contributed by atoms with Crippen LogP contribution in [0.1, 0.15) is 83.5 Å². The van der Waals surface area contributed by atoms with E-state index in [2.05, 4.69) is 36.5 Å². The van der Waals surface area contributed by atoms with Gasteiger partial charge in [0.2, 0.25) is 0 Å². The van der Waals surface area contributed by atoms with E-state index in [1.807, 2.05) is 0 Å². The van der Waals surface area contributed by atoms with E-state index in [1.54, 1.807) is 0 Å². The van der Waals surface area contributed by atoms with Gasteiger partial charge in [-0.1, -0.05) is 88.2 Å². The van der Waals surface area contributed by atoms with E-state index in [0.717, 1.165) is 6.42 Å². The second kappa shape index (κ2) is 13.6. The summed E-state index contributed by atoms with van der Waals surface area (Å²) in [6.45, 7) is 0. The lowest BCUT2D eigenvalue weighted by Gasteiger charge is -2.02. The van der Waals surface area contributed by atoms with Crippen LogP contribution < -0.4 is 0 Å². The first-order valence-electron chi connectivity index (χ1n) is 8.38. The van der Waals surface area contributed by atoms with Crippen molar-refractivity contribution >= 4 is 0 Å². The Morgan fingerprint density at radius 2 is 1.11 bits per heavy atom. The molecule has 0 unspecified atom stereocenters. The molecule has 0 aliphatic heterocycles. The molecule has 0 spiro atoms. The first kappa shape index (κ1) is 16.3. The molecule has 0 nitrogen and oxygen atoms in total. The van der Waals surface area contributed by atoms with E-state index in [4.69, 9.17) is 0 Å². The Kier molecular flexibility index (Phi) is 11.7. The zero-order chi connectivity index (χ0) is 13.4. The lowest BCUT2D eigenvalue weighted by atomic mass is 10.0. The summed E-state index contributed by atoms with van der Waals surface area (Å²) in [5.41, 5.74) is 0. The van der Waals surface area contributed by atoms with E-state index in [9.17, 15) is 0 Å². The predicted molar refractivity (Wildman–Crippen MR) is 86.1 cm³/mol. The summed E-state index contributed by atoms with van der Waals surface area (Å²) >= 11 is 0. The van der Waals surface area contributed by atoms with Gasteiger partial charge in [0, 0.05) is 0 Å². The van der Waals surface area contributed by atoms with Gasteiger partial charge >= 0.3 is 0 Å². The van der Waals surface area contributed by atoms with Crippen molar-refractivity contribution in [1.29, 1.82) is 0 Å². The van der Waals surface area contributed by atoms with Gasteiger partial charge in [-0.25, -0.2) is 0 Å². The van der Waals surface area contributed by atoms with E-state index < -0.39 is 0 Å². The molecule has 1 aliphatic carbocycles. The number of hydrogen-bond acceptors (Lipinski definition) is 0. The molecule has 19 heavy (non-hydrogen) atoms. The largest absolute Gasteiger partial charge is 0.0845 e. The minimum absolute atomic E-state index is 1.12. The van der Waals surface area contributed by atoms with Gasteiger partial charge in [-0.3, -0.25) is 0 Å². The van der Waals surface area contributed by atoms with Gasteiger partial charge in [-0.15, -0.1) is 0 Å². The number of hydrogen-bond donors (Lipinski definition) is 0. The molecule has 0 heterocycles. The van der Waals surface area contributed by atoms with Gasteiger partial charge in [-0.2, -0.15) is 0 Å². The summed E-state index contributed by atoms with van der Waals surface area (Å²) in [5.74, 6) is 0. The molecule has 0 saturated carbocycles. The SMILES string of the molecule is [C]1=C/C=C/C=C/CCCCCCCCCCCCC/1.